The Hall–Kier alpha value is -2.76. The van der Waals surface area contributed by atoms with E-state index in [1.54, 1.807) is 12.1 Å². The summed E-state index contributed by atoms with van der Waals surface area (Å²) >= 11 is 0. The van der Waals surface area contributed by atoms with E-state index in [0.29, 0.717) is 12.0 Å². The van der Waals surface area contributed by atoms with Crippen LogP contribution in [0.15, 0.2) is 54.1 Å². The van der Waals surface area contributed by atoms with Gasteiger partial charge in [0.25, 0.3) is 0 Å². The van der Waals surface area contributed by atoms with Crippen molar-refractivity contribution in [2.24, 2.45) is 0 Å². The number of aliphatic carboxylic acids is 1. The van der Waals surface area contributed by atoms with Crippen LogP contribution in [0.2, 0.25) is 0 Å². The second-order valence-corrected chi connectivity index (χ2v) is 5.48. The van der Waals surface area contributed by atoms with Crippen LogP contribution in [0.5, 0.6) is 5.75 Å². The van der Waals surface area contributed by atoms with E-state index in [4.69, 9.17) is 9.84 Å². The molecule has 0 aliphatic carbocycles. The fourth-order valence-electron chi connectivity index (χ4n) is 2.59. The summed E-state index contributed by atoms with van der Waals surface area (Å²) in [5.74, 6) is -1.60. The maximum Gasteiger partial charge on any atom is 0.430 e. The first-order valence-corrected chi connectivity index (χ1v) is 7.20. The molecule has 0 radical (unpaired) electrons. The van der Waals surface area contributed by atoms with Crippen LogP contribution in [0.1, 0.15) is 16.7 Å². The number of fused-ring (bicyclic) bond motifs is 1. The van der Waals surface area contributed by atoms with Crippen molar-refractivity contribution in [3.05, 3.63) is 70.8 Å². The number of carboxylic acid groups (broad SMARTS) is 1. The number of halogens is 3. The maximum absolute atomic E-state index is 13.1. The summed E-state index contributed by atoms with van der Waals surface area (Å²) in [6.07, 6.45) is -5.69. The van der Waals surface area contributed by atoms with Crippen LogP contribution in [-0.2, 0) is 11.2 Å². The lowest BCUT2D eigenvalue weighted by Gasteiger charge is -2.27. The minimum atomic E-state index is -4.79. The van der Waals surface area contributed by atoms with Gasteiger partial charge in [0, 0.05) is 5.56 Å². The fraction of sp³-hybridized carbons (Fsp3) is 0.167. The lowest BCUT2D eigenvalue weighted by molar-refractivity contribution is -0.187. The smallest absolute Gasteiger partial charge is 0.430 e. The number of hydrogen-bond donors (Lipinski definition) is 1. The van der Waals surface area contributed by atoms with E-state index in [2.05, 4.69) is 0 Å². The normalized spacial score (nSPS) is 16.8. The zero-order valence-corrected chi connectivity index (χ0v) is 12.4. The summed E-state index contributed by atoms with van der Waals surface area (Å²) in [6, 6.07) is 14.3. The van der Waals surface area contributed by atoms with Gasteiger partial charge in [-0.05, 0) is 29.7 Å². The van der Waals surface area contributed by atoms with Crippen LogP contribution in [0.25, 0.3) is 6.08 Å². The van der Waals surface area contributed by atoms with E-state index in [9.17, 15) is 18.0 Å². The largest absolute Gasteiger partial charge is 0.478 e. The van der Waals surface area contributed by atoms with E-state index in [1.165, 1.54) is 6.07 Å². The minimum Gasteiger partial charge on any atom is -0.478 e. The summed E-state index contributed by atoms with van der Waals surface area (Å²) in [6.45, 7) is 0. The number of carboxylic acids is 1. The van der Waals surface area contributed by atoms with Gasteiger partial charge in [-0.1, -0.05) is 42.5 Å². The lowest BCUT2D eigenvalue weighted by Crippen LogP contribution is -2.40. The highest BCUT2D eigenvalue weighted by Crippen LogP contribution is 2.37. The number of alkyl halides is 3. The Balaban J connectivity index is 1.95. The highest BCUT2D eigenvalue weighted by Gasteiger charge is 2.48. The molecule has 3 nitrogen and oxygen atoms in total. The van der Waals surface area contributed by atoms with E-state index in [1.807, 2.05) is 30.3 Å². The minimum absolute atomic E-state index is 0.0377. The molecular weight excluding hydrogens is 321 g/mol. The molecule has 6 heteroatoms. The molecule has 2 aromatic carbocycles. The Kier molecular flexibility index (Phi) is 4.05. The molecule has 1 unspecified atom stereocenters. The SMILES string of the molecule is O=C(O)C1=Cc2ccc(Cc3ccccc3)cc2OC1C(F)(F)F. The second-order valence-electron chi connectivity index (χ2n) is 5.48. The predicted molar refractivity (Wildman–Crippen MR) is 81.8 cm³/mol. The van der Waals surface area contributed by atoms with Gasteiger partial charge in [-0.25, -0.2) is 4.79 Å². The van der Waals surface area contributed by atoms with Gasteiger partial charge in [0.15, 0.2) is 0 Å². The van der Waals surface area contributed by atoms with E-state index >= 15 is 0 Å². The summed E-state index contributed by atoms with van der Waals surface area (Å²) in [7, 11) is 0. The molecule has 0 amide bonds. The van der Waals surface area contributed by atoms with Gasteiger partial charge < -0.3 is 9.84 Å². The van der Waals surface area contributed by atoms with Crippen molar-refractivity contribution in [3.63, 3.8) is 0 Å². The average Bonchev–Trinajstić information content (AvgIpc) is 2.53. The van der Waals surface area contributed by atoms with Crippen LogP contribution in [-0.4, -0.2) is 23.4 Å². The van der Waals surface area contributed by atoms with Crippen molar-refractivity contribution in [2.75, 3.05) is 0 Å². The van der Waals surface area contributed by atoms with Crippen LogP contribution >= 0.6 is 0 Å². The Morgan fingerprint density at radius 3 is 2.42 bits per heavy atom. The fourth-order valence-corrected chi connectivity index (χ4v) is 2.59. The van der Waals surface area contributed by atoms with Crippen molar-refractivity contribution >= 4 is 12.0 Å². The molecule has 1 atom stereocenters. The van der Waals surface area contributed by atoms with Gasteiger partial charge in [0.2, 0.25) is 6.10 Å². The van der Waals surface area contributed by atoms with Crippen molar-refractivity contribution < 1.29 is 27.8 Å². The molecule has 1 N–H and O–H groups in total. The third-order valence-electron chi connectivity index (χ3n) is 3.71. The van der Waals surface area contributed by atoms with Crippen LogP contribution in [0, 0.1) is 0 Å². The maximum atomic E-state index is 13.1. The molecule has 0 fully saturated rings. The molecule has 0 saturated heterocycles. The van der Waals surface area contributed by atoms with Crippen LogP contribution in [0.3, 0.4) is 0 Å². The quantitative estimate of drug-likeness (QED) is 0.920. The lowest BCUT2D eigenvalue weighted by atomic mass is 9.98. The molecule has 24 heavy (non-hydrogen) atoms. The van der Waals surface area contributed by atoms with Gasteiger partial charge in [0.05, 0.1) is 5.57 Å². The Morgan fingerprint density at radius 2 is 1.79 bits per heavy atom. The zero-order valence-electron chi connectivity index (χ0n) is 12.4. The first kappa shape index (κ1) is 16.1. The van der Waals surface area contributed by atoms with E-state index < -0.39 is 23.8 Å². The topological polar surface area (TPSA) is 46.5 Å². The molecule has 0 saturated carbocycles. The number of ether oxygens (including phenoxy) is 1. The molecular formula is C18H13F3O3. The van der Waals surface area contributed by atoms with Crippen molar-refractivity contribution in [1.29, 1.82) is 0 Å². The average molecular weight is 334 g/mol. The highest BCUT2D eigenvalue weighted by molar-refractivity contribution is 5.95. The van der Waals surface area contributed by atoms with Gasteiger partial charge in [0.1, 0.15) is 5.75 Å². The standard InChI is InChI=1S/C18H13F3O3/c19-18(20,21)16-14(17(22)23)10-13-7-6-12(9-15(13)24-16)8-11-4-2-1-3-5-11/h1-7,9-10,16H,8H2,(H,22,23). The predicted octanol–water partition coefficient (Wildman–Crippen LogP) is 4.07. The summed E-state index contributed by atoms with van der Waals surface area (Å²) < 4.78 is 44.2. The van der Waals surface area contributed by atoms with E-state index in [0.717, 1.165) is 17.2 Å². The van der Waals surface area contributed by atoms with Gasteiger partial charge in [-0.3, -0.25) is 0 Å². The van der Waals surface area contributed by atoms with Gasteiger partial charge >= 0.3 is 12.1 Å². The molecule has 0 aromatic heterocycles. The monoisotopic (exact) mass is 334 g/mol. The summed E-state index contributed by atoms with van der Waals surface area (Å²) in [4.78, 5) is 11.1. The Morgan fingerprint density at radius 1 is 1.08 bits per heavy atom. The first-order valence-electron chi connectivity index (χ1n) is 7.20. The van der Waals surface area contributed by atoms with E-state index in [-0.39, 0.29) is 5.75 Å². The summed E-state index contributed by atoms with van der Waals surface area (Å²) in [5.41, 5.74) is 1.31. The van der Waals surface area contributed by atoms with Gasteiger partial charge in [-0.2, -0.15) is 13.2 Å². The van der Waals surface area contributed by atoms with Crippen molar-refractivity contribution in [1.82, 2.24) is 0 Å². The number of benzene rings is 2. The number of carbonyl (C=O) groups is 1. The van der Waals surface area contributed by atoms with Crippen LogP contribution in [0.4, 0.5) is 13.2 Å². The van der Waals surface area contributed by atoms with Crippen molar-refractivity contribution in [2.45, 2.75) is 18.7 Å². The third kappa shape index (κ3) is 3.27. The molecule has 1 aliphatic heterocycles. The third-order valence-corrected chi connectivity index (χ3v) is 3.71. The number of hydrogen-bond acceptors (Lipinski definition) is 2. The number of rotatable bonds is 3. The molecule has 124 valence electrons. The molecule has 1 aliphatic rings. The second kappa shape index (κ2) is 6.03. The zero-order chi connectivity index (χ0) is 17.3. The first-order chi connectivity index (χ1) is 11.3. The molecule has 1 heterocycles. The molecule has 2 aromatic rings. The Bertz CT molecular complexity index is 795. The highest BCUT2D eigenvalue weighted by atomic mass is 19.4. The molecule has 3 rings (SSSR count). The molecule has 0 spiro atoms. The van der Waals surface area contributed by atoms with Crippen LogP contribution < -0.4 is 4.74 Å². The Labute approximate surface area is 136 Å². The van der Waals surface area contributed by atoms with Gasteiger partial charge in [-0.15, -0.1) is 0 Å². The molecule has 0 bridgehead atoms. The summed E-state index contributed by atoms with van der Waals surface area (Å²) in [5, 5.41) is 9.00. The van der Waals surface area contributed by atoms with Crippen molar-refractivity contribution in [3.8, 4) is 5.75 Å².